The standard InChI is InChI=1S/C15H14Cl3N/c1-2-19-9-10-5-3-4-6-12(10)15-13(17)7-11(16)8-14(15)18/h3-8,19H,2,9H2,1H3. The van der Waals surface area contributed by atoms with Gasteiger partial charge in [0.05, 0.1) is 10.0 Å². The van der Waals surface area contributed by atoms with Crippen molar-refractivity contribution in [2.75, 3.05) is 6.54 Å². The maximum atomic E-state index is 6.29. The molecule has 0 aliphatic heterocycles. The monoisotopic (exact) mass is 313 g/mol. The third kappa shape index (κ3) is 3.43. The molecule has 0 saturated heterocycles. The first-order valence-electron chi connectivity index (χ1n) is 6.07. The summed E-state index contributed by atoms with van der Waals surface area (Å²) >= 11 is 18.5. The highest BCUT2D eigenvalue weighted by Crippen LogP contribution is 2.38. The summed E-state index contributed by atoms with van der Waals surface area (Å²) in [7, 11) is 0. The predicted molar refractivity (Wildman–Crippen MR) is 84.3 cm³/mol. The van der Waals surface area contributed by atoms with E-state index in [9.17, 15) is 0 Å². The van der Waals surface area contributed by atoms with Crippen molar-refractivity contribution in [2.45, 2.75) is 13.5 Å². The van der Waals surface area contributed by atoms with Gasteiger partial charge in [0.1, 0.15) is 0 Å². The van der Waals surface area contributed by atoms with Crippen molar-refractivity contribution in [2.24, 2.45) is 0 Å². The van der Waals surface area contributed by atoms with Crippen LogP contribution in [-0.4, -0.2) is 6.54 Å². The first-order chi connectivity index (χ1) is 9.13. The molecule has 1 N–H and O–H groups in total. The molecule has 0 radical (unpaired) electrons. The molecule has 0 heterocycles. The molecule has 4 heteroatoms. The van der Waals surface area contributed by atoms with Gasteiger partial charge in [0.2, 0.25) is 0 Å². The predicted octanol–water partition coefficient (Wildman–Crippen LogP) is 5.42. The van der Waals surface area contributed by atoms with Gasteiger partial charge in [-0.2, -0.15) is 0 Å². The average molecular weight is 315 g/mol. The lowest BCUT2D eigenvalue weighted by Gasteiger charge is -2.13. The Kier molecular flexibility index (Phi) is 5.12. The molecule has 0 aliphatic rings. The summed E-state index contributed by atoms with van der Waals surface area (Å²) in [4.78, 5) is 0. The van der Waals surface area contributed by atoms with Gasteiger partial charge in [0.15, 0.2) is 0 Å². The van der Waals surface area contributed by atoms with Crippen LogP contribution in [0.4, 0.5) is 0 Å². The van der Waals surface area contributed by atoms with Crippen molar-refractivity contribution in [3.63, 3.8) is 0 Å². The van der Waals surface area contributed by atoms with Crippen LogP contribution in [0.3, 0.4) is 0 Å². The molecule has 0 aromatic heterocycles. The Labute approximate surface area is 128 Å². The summed E-state index contributed by atoms with van der Waals surface area (Å²) in [6.45, 7) is 3.77. The molecule has 0 fully saturated rings. The van der Waals surface area contributed by atoms with Crippen LogP contribution in [0.5, 0.6) is 0 Å². The Morgan fingerprint density at radius 1 is 1.00 bits per heavy atom. The molecular formula is C15H14Cl3N. The fourth-order valence-electron chi connectivity index (χ4n) is 1.98. The molecule has 2 aromatic rings. The number of halogens is 3. The Balaban J connectivity index is 2.53. The lowest BCUT2D eigenvalue weighted by atomic mass is 9.99. The van der Waals surface area contributed by atoms with E-state index in [1.165, 1.54) is 0 Å². The van der Waals surface area contributed by atoms with Crippen LogP contribution in [0.1, 0.15) is 12.5 Å². The molecule has 0 bridgehead atoms. The van der Waals surface area contributed by atoms with E-state index in [4.69, 9.17) is 34.8 Å². The lowest BCUT2D eigenvalue weighted by molar-refractivity contribution is 0.728. The van der Waals surface area contributed by atoms with Gasteiger partial charge in [-0.3, -0.25) is 0 Å². The third-order valence-corrected chi connectivity index (χ3v) is 3.67. The van der Waals surface area contributed by atoms with Crippen molar-refractivity contribution >= 4 is 34.8 Å². The Morgan fingerprint density at radius 3 is 2.26 bits per heavy atom. The molecule has 2 rings (SSSR count). The van der Waals surface area contributed by atoms with Crippen LogP contribution in [-0.2, 0) is 6.54 Å². The normalized spacial score (nSPS) is 10.7. The van der Waals surface area contributed by atoms with Gasteiger partial charge in [-0.25, -0.2) is 0 Å². The molecule has 100 valence electrons. The van der Waals surface area contributed by atoms with Gasteiger partial charge in [-0.05, 0) is 29.8 Å². The SMILES string of the molecule is CCNCc1ccccc1-c1c(Cl)cc(Cl)cc1Cl. The van der Waals surface area contributed by atoms with E-state index < -0.39 is 0 Å². The zero-order valence-corrected chi connectivity index (χ0v) is 12.8. The zero-order valence-electron chi connectivity index (χ0n) is 10.5. The molecule has 0 spiro atoms. The summed E-state index contributed by atoms with van der Waals surface area (Å²) < 4.78 is 0. The van der Waals surface area contributed by atoms with Gasteiger partial charge < -0.3 is 5.32 Å². The molecule has 1 nitrogen and oxygen atoms in total. The summed E-state index contributed by atoms with van der Waals surface area (Å²) in [6, 6.07) is 11.5. The fraction of sp³-hybridized carbons (Fsp3) is 0.200. The topological polar surface area (TPSA) is 12.0 Å². The fourth-order valence-corrected chi connectivity index (χ4v) is 3.00. The maximum Gasteiger partial charge on any atom is 0.0514 e. The molecule has 0 amide bonds. The third-order valence-electron chi connectivity index (χ3n) is 2.86. The Morgan fingerprint density at radius 2 is 1.63 bits per heavy atom. The summed E-state index contributed by atoms with van der Waals surface area (Å²) in [6.07, 6.45) is 0. The van der Waals surface area contributed by atoms with E-state index >= 15 is 0 Å². The van der Waals surface area contributed by atoms with Crippen molar-refractivity contribution in [3.05, 3.63) is 57.0 Å². The second-order valence-electron chi connectivity index (χ2n) is 4.18. The quantitative estimate of drug-likeness (QED) is 0.794. The lowest BCUT2D eigenvalue weighted by Crippen LogP contribution is -2.12. The Bertz CT molecular complexity index is 558. The zero-order chi connectivity index (χ0) is 13.8. The van der Waals surface area contributed by atoms with E-state index in [0.29, 0.717) is 15.1 Å². The van der Waals surface area contributed by atoms with E-state index in [-0.39, 0.29) is 0 Å². The van der Waals surface area contributed by atoms with E-state index in [1.807, 2.05) is 18.2 Å². The minimum Gasteiger partial charge on any atom is -0.313 e. The van der Waals surface area contributed by atoms with Crippen molar-refractivity contribution in [1.82, 2.24) is 5.32 Å². The summed E-state index contributed by atoms with van der Waals surface area (Å²) in [5.74, 6) is 0. The first kappa shape index (κ1) is 14.7. The molecule has 0 atom stereocenters. The second-order valence-corrected chi connectivity index (χ2v) is 5.43. The van der Waals surface area contributed by atoms with Crippen LogP contribution in [0.15, 0.2) is 36.4 Å². The highest BCUT2D eigenvalue weighted by molar-refractivity contribution is 6.41. The van der Waals surface area contributed by atoms with Gasteiger partial charge in [0, 0.05) is 17.1 Å². The highest BCUT2D eigenvalue weighted by Gasteiger charge is 2.13. The van der Waals surface area contributed by atoms with E-state index in [0.717, 1.165) is 29.8 Å². The second kappa shape index (κ2) is 6.62. The maximum absolute atomic E-state index is 6.29. The van der Waals surface area contributed by atoms with E-state index in [1.54, 1.807) is 12.1 Å². The minimum atomic E-state index is 0.544. The number of hydrogen-bond acceptors (Lipinski definition) is 1. The van der Waals surface area contributed by atoms with Crippen LogP contribution < -0.4 is 5.32 Å². The number of rotatable bonds is 4. The molecule has 0 saturated carbocycles. The van der Waals surface area contributed by atoms with Crippen molar-refractivity contribution < 1.29 is 0 Å². The van der Waals surface area contributed by atoms with Crippen LogP contribution in [0, 0.1) is 0 Å². The molecule has 0 unspecified atom stereocenters. The van der Waals surface area contributed by atoms with Gasteiger partial charge in [-0.15, -0.1) is 0 Å². The Hall–Kier alpha value is -0.730. The van der Waals surface area contributed by atoms with Crippen molar-refractivity contribution in [1.29, 1.82) is 0 Å². The number of hydrogen-bond donors (Lipinski definition) is 1. The molecule has 2 aromatic carbocycles. The van der Waals surface area contributed by atoms with Gasteiger partial charge >= 0.3 is 0 Å². The smallest absolute Gasteiger partial charge is 0.0514 e. The highest BCUT2D eigenvalue weighted by atomic mass is 35.5. The molecule has 19 heavy (non-hydrogen) atoms. The van der Waals surface area contributed by atoms with E-state index in [2.05, 4.69) is 18.3 Å². The van der Waals surface area contributed by atoms with Gasteiger partial charge in [-0.1, -0.05) is 66.0 Å². The van der Waals surface area contributed by atoms with Crippen LogP contribution >= 0.6 is 34.8 Å². The average Bonchev–Trinajstić information content (AvgIpc) is 2.36. The minimum absolute atomic E-state index is 0.544. The largest absolute Gasteiger partial charge is 0.313 e. The number of nitrogens with one attached hydrogen (secondary N) is 1. The van der Waals surface area contributed by atoms with Crippen molar-refractivity contribution in [3.8, 4) is 11.1 Å². The first-order valence-corrected chi connectivity index (χ1v) is 7.20. The summed E-state index contributed by atoms with van der Waals surface area (Å²) in [5, 5.41) is 5.00. The van der Waals surface area contributed by atoms with Crippen LogP contribution in [0.25, 0.3) is 11.1 Å². The summed E-state index contributed by atoms with van der Waals surface area (Å²) in [5.41, 5.74) is 3.03. The molecular weight excluding hydrogens is 301 g/mol. The number of benzene rings is 2. The van der Waals surface area contributed by atoms with Gasteiger partial charge in [0.25, 0.3) is 0 Å². The molecule has 0 aliphatic carbocycles. The van der Waals surface area contributed by atoms with Crippen LogP contribution in [0.2, 0.25) is 15.1 Å².